The first-order chi connectivity index (χ1) is 39.5. The molecule has 0 fully saturated rings. The molecule has 0 saturated heterocycles. The van der Waals surface area contributed by atoms with Crippen molar-refractivity contribution in [3.05, 3.63) is 76.8 Å². The highest BCUT2D eigenvalue weighted by Crippen LogP contribution is 2.50. The lowest BCUT2D eigenvalue weighted by atomic mass is 10.1. The Morgan fingerprint density at radius 1 is 0.747 bits per heavy atom. The molecule has 8 rings (SSSR count). The minimum absolute atomic E-state index is 0.00331. The standard InChI is InChI=1S/C43H36ClN11O21S7/c1-20-23(19-45)41-46-24-7-3-4-8-29(24)55(41)42(57)35(20)51-48-25-10-9-21-22(39(25)82(64,65)66)15-33(80-76-73-60)36(37(21)56)52-49-26-17-31(70-2)27(16-30(26)54(11-5-13-77-74-71-58)12-6-14-81(61,62)63)50-53-43-47-28-18-32(79-75-72-59)34(44)40(38(28)78-43)83(67,68)69/h3-4,7-10,15-18,56-60H,5-6,11-14H2,1-2H3,(H,61,62,63)(H,64,65,66)(H,67,68,69). The number of halogens is 1. The van der Waals surface area contributed by atoms with Crippen molar-refractivity contribution < 1.29 is 97.7 Å². The van der Waals surface area contributed by atoms with Crippen molar-refractivity contribution in [3.63, 3.8) is 0 Å². The molecule has 0 aliphatic rings. The molecule has 3 heterocycles. The summed E-state index contributed by atoms with van der Waals surface area (Å²) in [6.45, 7) is 1.33. The van der Waals surface area contributed by atoms with E-state index in [2.05, 4.69) is 68.8 Å². The molecular formula is C43H36ClN11O21S7. The highest BCUT2D eigenvalue weighted by Gasteiger charge is 2.29. The van der Waals surface area contributed by atoms with E-state index < -0.39 is 79.3 Å². The zero-order chi connectivity index (χ0) is 60.0. The van der Waals surface area contributed by atoms with Crippen LogP contribution in [0.2, 0.25) is 5.02 Å². The van der Waals surface area contributed by atoms with Gasteiger partial charge < -0.3 is 19.8 Å². The number of nitriles is 1. The van der Waals surface area contributed by atoms with Gasteiger partial charge in [0, 0.05) is 53.3 Å². The van der Waals surface area contributed by atoms with Crippen LogP contribution >= 0.6 is 59.1 Å². The van der Waals surface area contributed by atoms with Crippen LogP contribution in [0.4, 0.5) is 39.3 Å². The monoisotopic (exact) mass is 1300 g/mol. The summed E-state index contributed by atoms with van der Waals surface area (Å²) in [5, 5.41) is 95.0. The van der Waals surface area contributed by atoms with E-state index in [9.17, 15) is 59.6 Å². The van der Waals surface area contributed by atoms with Crippen LogP contribution in [0.15, 0.2) is 111 Å². The first-order valence-electron chi connectivity index (χ1n) is 22.5. The molecule has 0 aliphatic heterocycles. The zero-order valence-corrected chi connectivity index (χ0v) is 48.0. The van der Waals surface area contributed by atoms with Crippen molar-refractivity contribution in [2.45, 2.75) is 39.3 Å². The van der Waals surface area contributed by atoms with Gasteiger partial charge in [0.1, 0.15) is 49.9 Å². The van der Waals surface area contributed by atoms with Gasteiger partial charge in [-0.05, 0) is 62.2 Å². The number of benzene rings is 5. The number of phenols is 1. The number of pyridine rings is 1. The van der Waals surface area contributed by atoms with Crippen LogP contribution < -0.4 is 9.64 Å². The number of nitrogens with zero attached hydrogens (tertiary/aromatic N) is 11. The maximum Gasteiger partial charge on any atom is 0.297 e. The number of hydrogen-bond acceptors (Lipinski definition) is 32. The Bertz CT molecular complexity index is 4320. The van der Waals surface area contributed by atoms with Crippen LogP contribution in [-0.2, 0) is 58.5 Å². The predicted molar refractivity (Wildman–Crippen MR) is 296 cm³/mol. The molecule has 3 aromatic heterocycles. The summed E-state index contributed by atoms with van der Waals surface area (Å²) in [6.07, 6.45) is 0.00345. The molecular weight excluding hydrogens is 1270 g/mol. The summed E-state index contributed by atoms with van der Waals surface area (Å²) in [4.78, 5) is 8.04. The molecule has 0 saturated carbocycles. The summed E-state index contributed by atoms with van der Waals surface area (Å²) in [5.74, 6) is -2.02. The van der Waals surface area contributed by atoms with Crippen LogP contribution in [-0.4, -0.2) is 111 Å². The number of para-hydroxylation sites is 2. The molecule has 0 bridgehead atoms. The Hall–Kier alpha value is -6.60. The summed E-state index contributed by atoms with van der Waals surface area (Å²) in [6, 6.07) is 15.8. The van der Waals surface area contributed by atoms with Gasteiger partial charge in [0.15, 0.2) is 17.1 Å². The van der Waals surface area contributed by atoms with E-state index in [-0.39, 0.29) is 132 Å². The molecule has 0 radical (unpaired) electrons. The molecule has 5 aromatic carbocycles. The minimum atomic E-state index is -5.33. The molecule has 8 N–H and O–H groups in total. The number of hydrogen-bond donors (Lipinski definition) is 8. The Balaban J connectivity index is 1.27. The fourth-order valence-electron chi connectivity index (χ4n) is 8.12. The molecule has 0 unspecified atom stereocenters. The lowest BCUT2D eigenvalue weighted by Gasteiger charge is -2.26. The van der Waals surface area contributed by atoms with Crippen LogP contribution in [0, 0.1) is 18.3 Å². The number of rotatable bonds is 26. The van der Waals surface area contributed by atoms with Crippen LogP contribution in [0.1, 0.15) is 24.0 Å². The highest BCUT2D eigenvalue weighted by atomic mass is 35.5. The van der Waals surface area contributed by atoms with E-state index >= 15 is 0 Å². The van der Waals surface area contributed by atoms with E-state index in [0.29, 0.717) is 34.4 Å². The number of fused-ring (bicyclic) bond motifs is 5. The van der Waals surface area contributed by atoms with Gasteiger partial charge in [0.2, 0.25) is 11.0 Å². The number of azo groups is 3. The van der Waals surface area contributed by atoms with Crippen LogP contribution in [0.3, 0.4) is 0 Å². The highest BCUT2D eigenvalue weighted by molar-refractivity contribution is 7.95. The lowest BCUT2D eigenvalue weighted by molar-refractivity contribution is -0.432. The number of aromatic nitrogens is 3. The SMILES string of the molecule is COc1cc(N=Nc2c(SOOO)cc3c(S(=O)(=O)O)c(N=Nc4c(C)c(C#N)c5nc6ccccc6n5c4O)ccc3c2O)c(N(CCCSOOO)CCCS(=O)(=O)O)cc1N=Nc1nc2cc(SOOO)c(Cl)c(S(=O)(=O)O)c2s1. The molecule has 0 spiro atoms. The van der Waals surface area contributed by atoms with Crippen molar-refractivity contribution in [1.82, 2.24) is 14.4 Å². The summed E-state index contributed by atoms with van der Waals surface area (Å²) >= 11 is 8.05. The van der Waals surface area contributed by atoms with Crippen LogP contribution in [0.25, 0.3) is 37.7 Å². The quantitative estimate of drug-likeness (QED) is 0.00623. The van der Waals surface area contributed by atoms with Crippen molar-refractivity contribution in [1.29, 1.82) is 5.26 Å². The second-order valence-corrected chi connectivity index (χ2v) is 24.4. The predicted octanol–water partition coefficient (Wildman–Crippen LogP) is 11.6. The second-order valence-electron chi connectivity index (χ2n) is 16.4. The topological polar surface area (TPSA) is 460 Å². The van der Waals surface area contributed by atoms with Gasteiger partial charge >= 0.3 is 0 Å². The zero-order valence-electron chi connectivity index (χ0n) is 41.6. The summed E-state index contributed by atoms with van der Waals surface area (Å²) in [7, 11) is -13.7. The molecule has 8 aromatic rings. The molecule has 0 atom stereocenters. The average Bonchev–Trinajstić information content (AvgIpc) is 4.19. The number of methoxy groups -OCH3 is 1. The van der Waals surface area contributed by atoms with E-state index in [0.717, 1.165) is 12.1 Å². The maximum absolute atomic E-state index is 13.3. The number of aromatic hydroxyl groups is 2. The van der Waals surface area contributed by atoms with Gasteiger partial charge in [0.05, 0.1) is 78.7 Å². The lowest BCUT2D eigenvalue weighted by Crippen LogP contribution is -2.27. The molecule has 438 valence electrons. The largest absolute Gasteiger partial charge is 0.505 e. The number of phenolic OH excluding ortho intramolecular Hbond substituents is 1. The summed E-state index contributed by atoms with van der Waals surface area (Å²) in [5.41, 5.74) is -0.533. The Morgan fingerprint density at radius 2 is 1.41 bits per heavy atom. The number of ether oxygens (including phenoxy) is 1. The van der Waals surface area contributed by atoms with Crippen molar-refractivity contribution in [3.8, 4) is 23.4 Å². The minimum Gasteiger partial charge on any atom is -0.505 e. The average molecular weight is 1300 g/mol. The second kappa shape index (κ2) is 26.5. The molecule has 0 amide bonds. The Kier molecular flexibility index (Phi) is 20.0. The third-order valence-electron chi connectivity index (χ3n) is 11.5. The van der Waals surface area contributed by atoms with E-state index in [4.69, 9.17) is 26.9 Å². The fourth-order valence-corrected chi connectivity index (χ4v) is 13.3. The first kappa shape index (κ1) is 62.4. The molecule has 32 nitrogen and oxygen atoms in total. The van der Waals surface area contributed by atoms with Gasteiger partial charge in [0.25, 0.3) is 30.4 Å². The van der Waals surface area contributed by atoms with Crippen LogP contribution in [0.5, 0.6) is 17.4 Å². The van der Waals surface area contributed by atoms with Gasteiger partial charge in [-0.3, -0.25) is 18.1 Å². The fraction of sp³-hybridized carbons (Fsp3) is 0.186. The first-order valence-corrected chi connectivity index (χ1v) is 30.6. The maximum atomic E-state index is 13.3. The third-order valence-corrected chi connectivity index (χ3v) is 17.8. The van der Waals surface area contributed by atoms with Gasteiger partial charge in [-0.2, -0.15) is 30.5 Å². The van der Waals surface area contributed by atoms with Gasteiger partial charge in [-0.1, -0.05) is 50.2 Å². The van der Waals surface area contributed by atoms with Crippen molar-refractivity contribution in [2.75, 3.05) is 36.6 Å². The molecule has 0 aliphatic carbocycles. The third kappa shape index (κ3) is 14.0. The normalized spacial score (nSPS) is 12.6. The Morgan fingerprint density at radius 3 is 2.08 bits per heavy atom. The van der Waals surface area contributed by atoms with Crippen molar-refractivity contribution in [2.24, 2.45) is 30.7 Å². The van der Waals surface area contributed by atoms with Crippen molar-refractivity contribution >= 4 is 166 Å². The Labute approximate surface area is 487 Å². The van der Waals surface area contributed by atoms with E-state index in [1.807, 2.05) is 6.07 Å². The molecule has 40 heteroatoms. The smallest absolute Gasteiger partial charge is 0.297 e. The van der Waals surface area contributed by atoms with Gasteiger partial charge in [-0.25, -0.2) is 25.7 Å². The molecule has 83 heavy (non-hydrogen) atoms. The number of thiazole rings is 1. The number of imidazole rings is 1. The van der Waals surface area contributed by atoms with Gasteiger partial charge in [-0.15, -0.1) is 43.7 Å². The number of anilines is 1. The van der Waals surface area contributed by atoms with E-state index in [1.54, 1.807) is 29.2 Å². The summed E-state index contributed by atoms with van der Waals surface area (Å²) < 4.78 is 126. The van der Waals surface area contributed by atoms with E-state index in [1.165, 1.54) is 42.7 Å².